The van der Waals surface area contributed by atoms with Crippen LogP contribution in [0.4, 0.5) is 14.5 Å². The first-order valence-corrected chi connectivity index (χ1v) is 18.4. The number of anilines is 1. The summed E-state index contributed by atoms with van der Waals surface area (Å²) in [7, 11) is -2.88. The highest BCUT2D eigenvalue weighted by molar-refractivity contribution is 7.92. The van der Waals surface area contributed by atoms with Crippen molar-refractivity contribution in [1.29, 1.82) is 0 Å². The third kappa shape index (κ3) is 9.43. The molecule has 2 amide bonds. The molecule has 0 radical (unpaired) electrons. The lowest BCUT2D eigenvalue weighted by atomic mass is 9.95. The summed E-state index contributed by atoms with van der Waals surface area (Å²) in [6, 6.07) is 12.1. The van der Waals surface area contributed by atoms with Crippen LogP contribution in [-0.2, 0) is 33.0 Å². The summed E-state index contributed by atoms with van der Waals surface area (Å²) in [6.45, 7) is 3.15. The summed E-state index contributed by atoms with van der Waals surface area (Å²) in [5.41, 5.74) is -1.77. The van der Waals surface area contributed by atoms with E-state index in [0.29, 0.717) is 17.7 Å². The van der Waals surface area contributed by atoms with E-state index in [1.807, 2.05) is 0 Å². The van der Waals surface area contributed by atoms with Gasteiger partial charge < -0.3 is 19.9 Å². The molecule has 0 aliphatic heterocycles. The van der Waals surface area contributed by atoms with Gasteiger partial charge in [0.1, 0.15) is 23.2 Å². The number of rotatable bonds is 12. The van der Waals surface area contributed by atoms with Gasteiger partial charge in [-0.1, -0.05) is 31.4 Å². The van der Waals surface area contributed by atoms with Gasteiger partial charge in [0.25, 0.3) is 27.4 Å². The van der Waals surface area contributed by atoms with Crippen molar-refractivity contribution in [2.75, 3.05) is 4.72 Å². The second-order valence-electron chi connectivity index (χ2n) is 13.0. The van der Waals surface area contributed by atoms with E-state index in [2.05, 4.69) is 15.4 Å². The first-order valence-electron chi connectivity index (χ1n) is 16.9. The number of aryl methyl sites for hydroxylation is 1. The number of aromatic nitrogens is 2. The Hall–Kier alpha value is -5.64. The fourth-order valence-electron chi connectivity index (χ4n) is 5.92. The van der Waals surface area contributed by atoms with E-state index in [0.717, 1.165) is 36.7 Å². The Bertz CT molecular complexity index is 2210. The number of sulfonamides is 1. The predicted molar refractivity (Wildman–Crippen MR) is 191 cm³/mol. The number of amides is 2. The van der Waals surface area contributed by atoms with Crippen LogP contribution in [-0.4, -0.2) is 53.5 Å². The lowest BCUT2D eigenvalue weighted by Crippen LogP contribution is -2.44. The maximum atomic E-state index is 15.3. The van der Waals surface area contributed by atoms with Crippen molar-refractivity contribution in [2.24, 2.45) is 7.05 Å². The van der Waals surface area contributed by atoms with E-state index in [1.54, 1.807) is 13.8 Å². The van der Waals surface area contributed by atoms with E-state index < -0.39 is 68.2 Å². The highest BCUT2D eigenvalue weighted by Gasteiger charge is 2.28. The molecule has 4 aromatic rings. The van der Waals surface area contributed by atoms with Crippen LogP contribution in [0.25, 0.3) is 5.69 Å². The molecule has 1 aromatic heterocycles. The molecule has 13 nitrogen and oxygen atoms in total. The minimum atomic E-state index is -4.37. The van der Waals surface area contributed by atoms with E-state index >= 15 is 8.78 Å². The zero-order chi connectivity index (χ0) is 38.4. The van der Waals surface area contributed by atoms with E-state index in [-0.39, 0.29) is 34.5 Å². The number of carbonyl (C=O) groups excluding carboxylic acids is 3. The number of nitrogens with one attached hydrogen (secondary N) is 3. The fourth-order valence-corrected chi connectivity index (χ4v) is 6.96. The highest BCUT2D eigenvalue weighted by Crippen LogP contribution is 2.24. The standard InChI is InChI=1S/C37H39F2N5O8S/c1-22(2)52-36(48)31(19-23-9-13-27(14-10-23)44-32(45)17-18-43(3)37(44)49)41-35(47)33-29(38)20-26(21-30(33)39)42-53(50,51)28-15-11-24(12-16-28)34(46)40-25-7-5-4-6-8-25/h9-18,20-22,25,31,42H,4-8,19H2,1-3H3,(H,40,46)(H,41,47)/t31-/m0/s1. The molecular formula is C37H39F2N5O8S. The van der Waals surface area contributed by atoms with Crippen molar-refractivity contribution in [3.8, 4) is 5.69 Å². The van der Waals surface area contributed by atoms with Gasteiger partial charge in [0.2, 0.25) is 0 Å². The Morgan fingerprint density at radius 3 is 2.11 bits per heavy atom. The summed E-state index contributed by atoms with van der Waals surface area (Å²) < 4.78 is 66.2. The largest absolute Gasteiger partial charge is 0.461 e. The number of carbonyl (C=O) groups is 3. The molecule has 1 aliphatic rings. The molecule has 5 rings (SSSR count). The average Bonchev–Trinajstić information content (AvgIpc) is 3.10. The molecule has 53 heavy (non-hydrogen) atoms. The van der Waals surface area contributed by atoms with Gasteiger partial charge in [-0.3, -0.25) is 19.1 Å². The van der Waals surface area contributed by atoms with Gasteiger partial charge in [-0.25, -0.2) is 31.4 Å². The normalized spacial score (nSPS) is 14.0. The Morgan fingerprint density at radius 1 is 0.887 bits per heavy atom. The van der Waals surface area contributed by atoms with Crippen LogP contribution < -0.4 is 26.6 Å². The smallest absolute Gasteiger partial charge is 0.335 e. The zero-order valence-electron chi connectivity index (χ0n) is 29.2. The van der Waals surface area contributed by atoms with Crippen molar-refractivity contribution in [1.82, 2.24) is 19.8 Å². The molecular weight excluding hydrogens is 712 g/mol. The molecule has 1 atom stereocenters. The van der Waals surface area contributed by atoms with Crippen LogP contribution in [0.15, 0.2) is 87.4 Å². The molecule has 1 saturated carbocycles. The van der Waals surface area contributed by atoms with E-state index in [4.69, 9.17) is 4.74 Å². The number of halogens is 2. The molecule has 1 fully saturated rings. The number of nitrogens with zero attached hydrogens (tertiary/aromatic N) is 2. The minimum Gasteiger partial charge on any atom is -0.461 e. The van der Waals surface area contributed by atoms with Crippen molar-refractivity contribution in [2.45, 2.75) is 75.5 Å². The van der Waals surface area contributed by atoms with Crippen molar-refractivity contribution in [3.05, 3.63) is 122 Å². The second-order valence-corrected chi connectivity index (χ2v) is 14.7. The SMILES string of the molecule is CC(C)OC(=O)[C@H](Cc1ccc(-n2c(=O)ccn(C)c2=O)cc1)NC(=O)c1c(F)cc(NS(=O)(=O)c2ccc(C(=O)NC3CCCCC3)cc2)cc1F. The molecule has 280 valence electrons. The molecule has 1 aliphatic carbocycles. The monoisotopic (exact) mass is 751 g/mol. The second kappa shape index (κ2) is 16.4. The van der Waals surface area contributed by atoms with E-state index in [1.165, 1.54) is 72.4 Å². The average molecular weight is 752 g/mol. The van der Waals surface area contributed by atoms with Crippen LogP contribution in [0.1, 0.15) is 72.2 Å². The van der Waals surface area contributed by atoms with Crippen LogP contribution in [0, 0.1) is 11.6 Å². The van der Waals surface area contributed by atoms with Gasteiger partial charge in [0.05, 0.1) is 22.4 Å². The lowest BCUT2D eigenvalue weighted by molar-refractivity contribution is -0.149. The highest BCUT2D eigenvalue weighted by atomic mass is 32.2. The molecule has 1 heterocycles. The van der Waals surface area contributed by atoms with Crippen LogP contribution >= 0.6 is 0 Å². The Labute approximate surface area is 304 Å². The molecule has 3 N–H and O–H groups in total. The molecule has 0 spiro atoms. The van der Waals surface area contributed by atoms with Gasteiger partial charge in [0.15, 0.2) is 0 Å². The molecule has 0 saturated heterocycles. The number of esters is 1. The van der Waals surface area contributed by atoms with Gasteiger partial charge >= 0.3 is 11.7 Å². The Balaban J connectivity index is 1.29. The molecule has 0 unspecified atom stereocenters. The van der Waals surface area contributed by atoms with Gasteiger partial charge in [-0.15, -0.1) is 0 Å². The molecule has 16 heteroatoms. The zero-order valence-corrected chi connectivity index (χ0v) is 30.0. The first-order chi connectivity index (χ1) is 25.1. The summed E-state index contributed by atoms with van der Waals surface area (Å²) in [6.07, 6.45) is 5.47. The van der Waals surface area contributed by atoms with Gasteiger partial charge in [-0.2, -0.15) is 0 Å². The number of ether oxygens (including phenoxy) is 1. The lowest BCUT2D eigenvalue weighted by Gasteiger charge is -2.22. The maximum absolute atomic E-state index is 15.3. The number of benzene rings is 3. The van der Waals surface area contributed by atoms with Crippen molar-refractivity contribution < 1.29 is 36.3 Å². The third-order valence-electron chi connectivity index (χ3n) is 8.62. The fraction of sp³-hybridized carbons (Fsp3) is 0.324. The maximum Gasteiger partial charge on any atom is 0.335 e. The predicted octanol–water partition coefficient (Wildman–Crippen LogP) is 3.97. The Kier molecular flexibility index (Phi) is 11.9. The van der Waals surface area contributed by atoms with Crippen molar-refractivity contribution in [3.63, 3.8) is 0 Å². The van der Waals surface area contributed by atoms with Crippen LogP contribution in [0.2, 0.25) is 0 Å². The van der Waals surface area contributed by atoms with Crippen molar-refractivity contribution >= 4 is 33.5 Å². The third-order valence-corrected chi connectivity index (χ3v) is 10.0. The van der Waals surface area contributed by atoms with E-state index in [9.17, 15) is 32.4 Å². The number of hydrogen-bond donors (Lipinski definition) is 3. The number of hydrogen-bond acceptors (Lipinski definition) is 8. The summed E-state index contributed by atoms with van der Waals surface area (Å²) in [5, 5.41) is 5.25. The summed E-state index contributed by atoms with van der Waals surface area (Å²) in [4.78, 5) is 63.4. The quantitative estimate of drug-likeness (QED) is 0.182. The molecule has 0 bridgehead atoms. The molecule has 3 aromatic carbocycles. The van der Waals surface area contributed by atoms with Crippen LogP contribution in [0.3, 0.4) is 0 Å². The summed E-state index contributed by atoms with van der Waals surface area (Å²) in [5.74, 6) is -5.36. The first kappa shape index (κ1) is 38.6. The summed E-state index contributed by atoms with van der Waals surface area (Å²) >= 11 is 0. The van der Waals surface area contributed by atoms with Gasteiger partial charge in [0, 0.05) is 37.3 Å². The van der Waals surface area contributed by atoms with Crippen LogP contribution in [0.5, 0.6) is 0 Å². The topological polar surface area (TPSA) is 175 Å². The van der Waals surface area contributed by atoms with Gasteiger partial charge in [-0.05, 0) is 80.8 Å². The Morgan fingerprint density at radius 2 is 1.51 bits per heavy atom. The minimum absolute atomic E-state index is 0.0571.